The molecule has 2 nitrogen and oxygen atoms in total. The Morgan fingerprint density at radius 2 is 1.94 bits per heavy atom. The van der Waals surface area contributed by atoms with Gasteiger partial charge in [-0.3, -0.25) is 4.98 Å². The monoisotopic (exact) mass is 271 g/mol. The van der Waals surface area contributed by atoms with Gasteiger partial charge in [0.1, 0.15) is 0 Å². The molecule has 0 aliphatic carbocycles. The highest BCUT2D eigenvalue weighted by atomic mass is 35.5. The molecule has 0 N–H and O–H groups in total. The summed E-state index contributed by atoms with van der Waals surface area (Å²) in [5.74, 6) is 0. The first kappa shape index (κ1) is 14.7. The molecule has 0 spiro atoms. The van der Waals surface area contributed by atoms with Crippen molar-refractivity contribution in [1.82, 2.24) is 4.98 Å². The number of halogens is 1. The molecule has 0 amide bonds. The SMILES string of the molecule is CC(O[Si](C)(C)C(C)(C)C)c1cc(Cl)ccn1. The van der Waals surface area contributed by atoms with Gasteiger partial charge in [0.2, 0.25) is 0 Å². The zero-order valence-corrected chi connectivity index (χ0v) is 13.3. The summed E-state index contributed by atoms with van der Waals surface area (Å²) in [6.45, 7) is 13.2. The molecule has 1 rings (SSSR count). The quantitative estimate of drug-likeness (QED) is 0.736. The molecule has 0 aliphatic heterocycles. The van der Waals surface area contributed by atoms with Crippen LogP contribution in [0.1, 0.15) is 39.5 Å². The van der Waals surface area contributed by atoms with Crippen molar-refractivity contribution >= 4 is 19.9 Å². The Labute approximate surface area is 110 Å². The summed E-state index contributed by atoms with van der Waals surface area (Å²) in [7, 11) is -1.75. The molecule has 0 radical (unpaired) electrons. The highest BCUT2D eigenvalue weighted by Gasteiger charge is 2.38. The standard InChI is InChI=1S/C13H22ClNOSi/c1-10(12-9-11(14)7-8-15-12)16-17(5,6)13(2,3)4/h7-10H,1-6H3. The summed E-state index contributed by atoms with van der Waals surface area (Å²) in [5.41, 5.74) is 0.905. The predicted octanol–water partition coefficient (Wildman–Crippen LogP) is 4.82. The van der Waals surface area contributed by atoms with E-state index in [9.17, 15) is 0 Å². The Balaban J connectivity index is 2.83. The lowest BCUT2D eigenvalue weighted by Crippen LogP contribution is -2.41. The molecule has 17 heavy (non-hydrogen) atoms. The molecule has 0 aliphatic rings. The molecule has 0 saturated carbocycles. The van der Waals surface area contributed by atoms with Crippen molar-refractivity contribution in [3.05, 3.63) is 29.0 Å². The van der Waals surface area contributed by atoms with Crippen molar-refractivity contribution < 1.29 is 4.43 Å². The Morgan fingerprint density at radius 1 is 1.35 bits per heavy atom. The zero-order valence-electron chi connectivity index (χ0n) is 11.5. The fraction of sp³-hybridized carbons (Fsp3) is 0.615. The lowest BCUT2D eigenvalue weighted by Gasteiger charge is -2.38. The zero-order chi connectivity index (χ0) is 13.3. The third kappa shape index (κ3) is 3.80. The molecule has 0 fully saturated rings. The minimum Gasteiger partial charge on any atom is -0.409 e. The van der Waals surface area contributed by atoms with E-state index in [1.807, 2.05) is 13.0 Å². The molecular formula is C13H22ClNOSi. The number of hydrogen-bond donors (Lipinski definition) is 0. The van der Waals surface area contributed by atoms with Crippen LogP contribution in [0.2, 0.25) is 23.2 Å². The first-order chi connectivity index (χ1) is 7.63. The summed E-state index contributed by atoms with van der Waals surface area (Å²) in [5, 5.41) is 0.917. The fourth-order valence-electron chi connectivity index (χ4n) is 1.32. The molecule has 0 bridgehead atoms. The summed E-state index contributed by atoms with van der Waals surface area (Å²) in [6.07, 6.45) is 1.72. The van der Waals surface area contributed by atoms with Crippen molar-refractivity contribution in [2.75, 3.05) is 0 Å². The summed E-state index contributed by atoms with van der Waals surface area (Å²) < 4.78 is 6.26. The lowest BCUT2D eigenvalue weighted by atomic mass is 10.2. The third-order valence-corrected chi connectivity index (χ3v) is 8.23. The van der Waals surface area contributed by atoms with Crippen LogP contribution in [0.15, 0.2) is 18.3 Å². The van der Waals surface area contributed by atoms with Crippen LogP contribution in [0.5, 0.6) is 0 Å². The predicted molar refractivity (Wildman–Crippen MR) is 75.9 cm³/mol. The number of hydrogen-bond acceptors (Lipinski definition) is 2. The van der Waals surface area contributed by atoms with Gasteiger partial charge in [-0.1, -0.05) is 32.4 Å². The third-order valence-electron chi connectivity index (χ3n) is 3.44. The number of rotatable bonds is 3. The van der Waals surface area contributed by atoms with E-state index >= 15 is 0 Å². The second-order valence-electron chi connectivity index (χ2n) is 5.92. The van der Waals surface area contributed by atoms with Gasteiger partial charge in [-0.05, 0) is 37.2 Å². The lowest BCUT2D eigenvalue weighted by molar-refractivity contribution is 0.198. The van der Waals surface area contributed by atoms with Crippen LogP contribution < -0.4 is 0 Å². The van der Waals surface area contributed by atoms with Crippen molar-refractivity contribution in [3.63, 3.8) is 0 Å². The Kier molecular flexibility index (Phi) is 4.39. The van der Waals surface area contributed by atoms with Gasteiger partial charge in [-0.25, -0.2) is 0 Å². The van der Waals surface area contributed by atoms with Crippen molar-refractivity contribution in [1.29, 1.82) is 0 Å². The maximum absolute atomic E-state index is 6.26. The number of aromatic nitrogens is 1. The number of pyridine rings is 1. The molecule has 0 saturated heterocycles. The fourth-order valence-corrected chi connectivity index (χ4v) is 2.85. The highest BCUT2D eigenvalue weighted by molar-refractivity contribution is 6.74. The molecule has 96 valence electrons. The van der Waals surface area contributed by atoms with Gasteiger partial charge in [0, 0.05) is 11.2 Å². The number of nitrogens with zero attached hydrogens (tertiary/aromatic N) is 1. The van der Waals surface area contributed by atoms with Gasteiger partial charge in [0.15, 0.2) is 8.32 Å². The highest BCUT2D eigenvalue weighted by Crippen LogP contribution is 2.39. The Bertz CT molecular complexity index is 387. The molecular weight excluding hydrogens is 250 g/mol. The maximum Gasteiger partial charge on any atom is 0.192 e. The maximum atomic E-state index is 6.26. The summed E-state index contributed by atoms with van der Waals surface area (Å²) >= 11 is 5.97. The minimum atomic E-state index is -1.75. The van der Waals surface area contributed by atoms with Gasteiger partial charge < -0.3 is 4.43 Å². The minimum absolute atomic E-state index is 0.00501. The van der Waals surface area contributed by atoms with Gasteiger partial charge in [0.25, 0.3) is 0 Å². The Hall–Kier alpha value is -0.383. The van der Waals surface area contributed by atoms with E-state index in [4.69, 9.17) is 16.0 Å². The van der Waals surface area contributed by atoms with Crippen LogP contribution in [-0.4, -0.2) is 13.3 Å². The van der Waals surface area contributed by atoms with Gasteiger partial charge in [0.05, 0.1) is 11.8 Å². The average Bonchev–Trinajstić information content (AvgIpc) is 2.15. The Morgan fingerprint density at radius 3 is 2.41 bits per heavy atom. The van der Waals surface area contributed by atoms with Crippen LogP contribution in [0.3, 0.4) is 0 Å². The largest absolute Gasteiger partial charge is 0.409 e. The van der Waals surface area contributed by atoms with Crippen molar-refractivity contribution in [2.45, 2.75) is 51.9 Å². The van der Waals surface area contributed by atoms with Gasteiger partial charge >= 0.3 is 0 Å². The molecule has 0 aromatic carbocycles. The molecule has 1 aromatic heterocycles. The van der Waals surface area contributed by atoms with Crippen molar-refractivity contribution in [3.8, 4) is 0 Å². The average molecular weight is 272 g/mol. The van der Waals surface area contributed by atoms with E-state index in [0.29, 0.717) is 5.02 Å². The van der Waals surface area contributed by atoms with Gasteiger partial charge in [-0.15, -0.1) is 0 Å². The first-order valence-electron chi connectivity index (χ1n) is 5.93. The second-order valence-corrected chi connectivity index (χ2v) is 11.1. The summed E-state index contributed by atoms with van der Waals surface area (Å²) in [4.78, 5) is 4.32. The topological polar surface area (TPSA) is 22.1 Å². The molecule has 1 atom stereocenters. The molecule has 1 unspecified atom stereocenters. The van der Waals surface area contributed by atoms with Crippen LogP contribution in [0.4, 0.5) is 0 Å². The summed E-state index contributed by atoms with van der Waals surface area (Å²) in [6, 6.07) is 3.66. The molecule has 1 heterocycles. The normalized spacial score (nSPS) is 14.8. The van der Waals surface area contributed by atoms with Gasteiger partial charge in [-0.2, -0.15) is 0 Å². The van der Waals surface area contributed by atoms with Crippen LogP contribution in [0, 0.1) is 0 Å². The van der Waals surface area contributed by atoms with Crippen molar-refractivity contribution in [2.24, 2.45) is 0 Å². The molecule has 1 aromatic rings. The van der Waals surface area contributed by atoms with E-state index in [-0.39, 0.29) is 11.1 Å². The van der Waals surface area contributed by atoms with Crippen LogP contribution in [-0.2, 0) is 4.43 Å². The first-order valence-corrected chi connectivity index (χ1v) is 9.21. The van der Waals surface area contributed by atoms with Crippen LogP contribution >= 0.6 is 11.6 Å². The van der Waals surface area contributed by atoms with E-state index in [2.05, 4.69) is 38.8 Å². The van der Waals surface area contributed by atoms with E-state index in [1.165, 1.54) is 0 Å². The smallest absolute Gasteiger partial charge is 0.192 e. The van der Waals surface area contributed by atoms with Crippen LogP contribution in [0.25, 0.3) is 0 Å². The van der Waals surface area contributed by atoms with E-state index in [0.717, 1.165) is 5.69 Å². The second kappa shape index (κ2) is 5.08. The molecule has 4 heteroatoms. The van der Waals surface area contributed by atoms with E-state index < -0.39 is 8.32 Å². The van der Waals surface area contributed by atoms with E-state index in [1.54, 1.807) is 12.3 Å².